The van der Waals surface area contributed by atoms with Gasteiger partial charge in [0.25, 0.3) is 0 Å². The second-order valence-corrected chi connectivity index (χ2v) is 10.4. The molecule has 0 bridgehead atoms. The molecule has 1 aliphatic rings. The number of nitrogens with one attached hydrogen (secondary N) is 1. The molecule has 0 aliphatic carbocycles. The highest BCUT2D eigenvalue weighted by molar-refractivity contribution is 7.89. The minimum Gasteiger partial charge on any atom is -0.326 e. The number of benzene rings is 2. The lowest BCUT2D eigenvalue weighted by atomic mass is 10.2. The number of nitrogens with zero attached hydrogens (tertiary/aromatic N) is 2. The first-order valence-electron chi connectivity index (χ1n) is 10.4. The maximum atomic E-state index is 13.0. The molecule has 0 spiro atoms. The van der Waals surface area contributed by atoms with E-state index in [0.717, 1.165) is 36.3 Å². The number of sulfonamides is 1. The summed E-state index contributed by atoms with van der Waals surface area (Å²) in [4.78, 5) is 17.3. The molecule has 4 rings (SSSR count). The van der Waals surface area contributed by atoms with Crippen molar-refractivity contribution >= 4 is 33.0 Å². The largest absolute Gasteiger partial charge is 0.326 e. The third-order valence-electron chi connectivity index (χ3n) is 5.23. The van der Waals surface area contributed by atoms with Gasteiger partial charge in [0.2, 0.25) is 15.9 Å². The molecular weight excluding hydrogens is 430 g/mol. The maximum absolute atomic E-state index is 13.0. The number of aromatic nitrogens is 1. The van der Waals surface area contributed by atoms with Crippen LogP contribution in [-0.4, -0.2) is 36.7 Å². The second kappa shape index (κ2) is 9.72. The number of hydrogen-bond donors (Lipinski definition) is 1. The van der Waals surface area contributed by atoms with Crippen LogP contribution in [0.5, 0.6) is 0 Å². The van der Waals surface area contributed by atoms with E-state index < -0.39 is 10.0 Å². The number of hydrogen-bond acceptors (Lipinski definition) is 5. The molecule has 1 fully saturated rings. The molecule has 0 radical (unpaired) electrons. The van der Waals surface area contributed by atoms with Gasteiger partial charge in [0.05, 0.1) is 17.0 Å². The Morgan fingerprint density at radius 1 is 1.00 bits per heavy atom. The van der Waals surface area contributed by atoms with Gasteiger partial charge < -0.3 is 5.32 Å². The van der Waals surface area contributed by atoms with Gasteiger partial charge in [-0.3, -0.25) is 4.79 Å². The fourth-order valence-electron chi connectivity index (χ4n) is 3.64. The monoisotopic (exact) mass is 455 g/mol. The lowest BCUT2D eigenvalue weighted by Crippen LogP contribution is -2.32. The molecule has 1 amide bonds. The molecule has 3 aromatic rings. The molecule has 2 aromatic carbocycles. The summed E-state index contributed by atoms with van der Waals surface area (Å²) in [5.41, 5.74) is 2.18. The van der Waals surface area contributed by atoms with Crippen LogP contribution in [0.25, 0.3) is 10.6 Å². The van der Waals surface area contributed by atoms with Crippen molar-refractivity contribution in [3.8, 4) is 10.6 Å². The van der Waals surface area contributed by atoms with Gasteiger partial charge in [-0.25, -0.2) is 13.4 Å². The van der Waals surface area contributed by atoms with E-state index in [1.165, 1.54) is 17.4 Å². The molecule has 162 valence electrons. The molecule has 2 heterocycles. The summed E-state index contributed by atoms with van der Waals surface area (Å²) in [5, 5.41) is 5.56. The fraction of sp³-hybridized carbons (Fsp3) is 0.304. The smallest absolute Gasteiger partial charge is 0.243 e. The number of amides is 1. The number of carbonyl (C=O) groups excluding carboxylic acids is 1. The third-order valence-corrected chi connectivity index (χ3v) is 8.07. The van der Waals surface area contributed by atoms with E-state index in [4.69, 9.17) is 0 Å². The highest BCUT2D eigenvalue weighted by Crippen LogP contribution is 2.25. The summed E-state index contributed by atoms with van der Waals surface area (Å²) < 4.78 is 27.6. The zero-order chi connectivity index (χ0) is 21.7. The normalized spacial score (nSPS) is 15.4. The van der Waals surface area contributed by atoms with Gasteiger partial charge in [0.1, 0.15) is 5.01 Å². The quantitative estimate of drug-likeness (QED) is 0.591. The van der Waals surface area contributed by atoms with Crippen LogP contribution in [0.3, 0.4) is 0 Å². The second-order valence-electron chi connectivity index (χ2n) is 7.58. The van der Waals surface area contributed by atoms with Gasteiger partial charge in [-0.1, -0.05) is 49.2 Å². The average molecular weight is 456 g/mol. The summed E-state index contributed by atoms with van der Waals surface area (Å²) in [6.45, 7) is 1.10. The first-order valence-corrected chi connectivity index (χ1v) is 12.7. The van der Waals surface area contributed by atoms with Gasteiger partial charge in [-0.2, -0.15) is 4.31 Å². The van der Waals surface area contributed by atoms with E-state index in [1.807, 2.05) is 35.7 Å². The Hall–Kier alpha value is -2.55. The van der Waals surface area contributed by atoms with Crippen molar-refractivity contribution in [1.29, 1.82) is 0 Å². The molecule has 1 aliphatic heterocycles. The summed E-state index contributed by atoms with van der Waals surface area (Å²) in [6, 6.07) is 16.3. The molecule has 31 heavy (non-hydrogen) atoms. The van der Waals surface area contributed by atoms with Crippen molar-refractivity contribution in [3.63, 3.8) is 0 Å². The van der Waals surface area contributed by atoms with Crippen LogP contribution >= 0.6 is 11.3 Å². The van der Waals surface area contributed by atoms with E-state index in [0.29, 0.717) is 24.5 Å². The number of anilines is 1. The SMILES string of the molecule is O=C(Cc1csc(-c2ccccc2)n1)Nc1cccc(S(=O)(=O)N2CCCCCC2)c1. The van der Waals surface area contributed by atoms with Crippen molar-refractivity contribution in [1.82, 2.24) is 9.29 Å². The summed E-state index contributed by atoms with van der Waals surface area (Å²) in [7, 11) is -3.56. The van der Waals surface area contributed by atoms with Crippen molar-refractivity contribution < 1.29 is 13.2 Å². The molecule has 0 atom stereocenters. The molecule has 8 heteroatoms. The Kier molecular flexibility index (Phi) is 6.80. The molecule has 6 nitrogen and oxygen atoms in total. The van der Waals surface area contributed by atoms with E-state index in [2.05, 4.69) is 10.3 Å². The fourth-order valence-corrected chi connectivity index (χ4v) is 6.03. The Balaban J connectivity index is 1.43. The maximum Gasteiger partial charge on any atom is 0.243 e. The van der Waals surface area contributed by atoms with Crippen LogP contribution in [0.1, 0.15) is 31.4 Å². The predicted molar refractivity (Wildman–Crippen MR) is 124 cm³/mol. The zero-order valence-corrected chi connectivity index (χ0v) is 18.8. The Morgan fingerprint density at radius 2 is 1.74 bits per heavy atom. The minimum atomic E-state index is -3.56. The van der Waals surface area contributed by atoms with E-state index >= 15 is 0 Å². The van der Waals surface area contributed by atoms with Crippen LogP contribution in [0.4, 0.5) is 5.69 Å². The van der Waals surface area contributed by atoms with Crippen molar-refractivity contribution in [3.05, 3.63) is 65.7 Å². The molecule has 0 saturated carbocycles. The highest BCUT2D eigenvalue weighted by Gasteiger charge is 2.25. The van der Waals surface area contributed by atoms with E-state index in [-0.39, 0.29) is 17.2 Å². The lowest BCUT2D eigenvalue weighted by Gasteiger charge is -2.20. The Morgan fingerprint density at radius 3 is 2.48 bits per heavy atom. The van der Waals surface area contributed by atoms with Gasteiger partial charge >= 0.3 is 0 Å². The predicted octanol–water partition coefficient (Wildman–Crippen LogP) is 4.56. The lowest BCUT2D eigenvalue weighted by molar-refractivity contribution is -0.115. The Bertz CT molecular complexity index is 1140. The standard InChI is InChI=1S/C23H25N3O3S2/c27-22(16-20-17-30-23(25-20)18-9-4-3-5-10-18)24-19-11-8-12-21(15-19)31(28,29)26-13-6-1-2-7-14-26/h3-5,8-12,15,17H,1-2,6-7,13-14,16H2,(H,24,27). The van der Waals surface area contributed by atoms with Crippen LogP contribution in [0.15, 0.2) is 64.9 Å². The van der Waals surface area contributed by atoms with Crippen LogP contribution < -0.4 is 5.32 Å². The van der Waals surface area contributed by atoms with E-state index in [1.54, 1.807) is 22.5 Å². The van der Waals surface area contributed by atoms with Crippen LogP contribution in [-0.2, 0) is 21.2 Å². The average Bonchev–Trinajstić information content (AvgIpc) is 3.05. The molecule has 1 aromatic heterocycles. The molecule has 0 unspecified atom stereocenters. The van der Waals surface area contributed by atoms with Crippen molar-refractivity contribution in [2.24, 2.45) is 0 Å². The van der Waals surface area contributed by atoms with Crippen molar-refractivity contribution in [2.75, 3.05) is 18.4 Å². The van der Waals surface area contributed by atoms with Crippen molar-refractivity contribution in [2.45, 2.75) is 37.0 Å². The highest BCUT2D eigenvalue weighted by atomic mass is 32.2. The molecular formula is C23H25N3O3S2. The molecule has 1 saturated heterocycles. The third kappa shape index (κ3) is 5.39. The van der Waals surface area contributed by atoms with Crippen LogP contribution in [0.2, 0.25) is 0 Å². The first kappa shape index (κ1) is 21.7. The van der Waals surface area contributed by atoms with Gasteiger partial charge in [0.15, 0.2) is 0 Å². The number of thiazole rings is 1. The first-order chi connectivity index (χ1) is 15.0. The van der Waals surface area contributed by atoms with Gasteiger partial charge in [0, 0.05) is 29.7 Å². The van der Waals surface area contributed by atoms with Gasteiger partial charge in [-0.05, 0) is 31.0 Å². The van der Waals surface area contributed by atoms with Crippen LogP contribution in [0, 0.1) is 0 Å². The van der Waals surface area contributed by atoms with E-state index in [9.17, 15) is 13.2 Å². The Labute approximate surface area is 187 Å². The van der Waals surface area contributed by atoms with Gasteiger partial charge in [-0.15, -0.1) is 11.3 Å². The number of carbonyl (C=O) groups is 1. The summed E-state index contributed by atoms with van der Waals surface area (Å²) in [6.07, 6.45) is 4.02. The molecule has 1 N–H and O–H groups in total. The number of rotatable bonds is 6. The zero-order valence-electron chi connectivity index (χ0n) is 17.2. The summed E-state index contributed by atoms with van der Waals surface area (Å²) >= 11 is 1.50. The topological polar surface area (TPSA) is 79.4 Å². The minimum absolute atomic E-state index is 0.131. The summed E-state index contributed by atoms with van der Waals surface area (Å²) in [5.74, 6) is -0.228.